The summed E-state index contributed by atoms with van der Waals surface area (Å²) in [6.07, 6.45) is 3.72. The standard InChI is InChI=1S/C19H35N7O/c1-19(2,3)16(27-5)15-24-17(20-4)21-9-10-25-11-13-26(14-12-25)18-22-7-6-8-23-18/h6-8,16H,9-15H2,1-5H3,(H2,20,21,24). The second-order valence-electron chi connectivity index (χ2n) is 7.85. The summed E-state index contributed by atoms with van der Waals surface area (Å²) in [6.45, 7) is 13.1. The highest BCUT2D eigenvalue weighted by Gasteiger charge is 2.24. The lowest BCUT2D eigenvalue weighted by Crippen LogP contribution is -2.50. The van der Waals surface area contributed by atoms with Crippen LogP contribution in [0.1, 0.15) is 20.8 Å². The van der Waals surface area contributed by atoms with E-state index in [4.69, 9.17) is 4.74 Å². The normalized spacial score (nSPS) is 17.7. The molecule has 0 aromatic carbocycles. The first-order valence-electron chi connectivity index (χ1n) is 9.65. The van der Waals surface area contributed by atoms with Crippen molar-refractivity contribution in [2.75, 3.05) is 64.9 Å². The van der Waals surface area contributed by atoms with Crippen LogP contribution in [0.15, 0.2) is 23.5 Å². The van der Waals surface area contributed by atoms with Gasteiger partial charge in [-0.1, -0.05) is 20.8 Å². The largest absolute Gasteiger partial charge is 0.379 e. The van der Waals surface area contributed by atoms with Crippen LogP contribution in [0, 0.1) is 5.41 Å². The highest BCUT2D eigenvalue weighted by molar-refractivity contribution is 5.79. The van der Waals surface area contributed by atoms with Gasteiger partial charge in [-0.15, -0.1) is 0 Å². The zero-order valence-corrected chi connectivity index (χ0v) is 17.4. The number of rotatable bonds is 7. The first-order valence-corrected chi connectivity index (χ1v) is 9.65. The van der Waals surface area contributed by atoms with Crippen molar-refractivity contribution < 1.29 is 4.74 Å². The molecule has 1 saturated heterocycles. The van der Waals surface area contributed by atoms with Gasteiger partial charge >= 0.3 is 0 Å². The maximum Gasteiger partial charge on any atom is 0.225 e. The Balaban J connectivity index is 1.67. The number of hydrogen-bond acceptors (Lipinski definition) is 6. The molecule has 2 heterocycles. The number of hydrogen-bond donors (Lipinski definition) is 2. The van der Waals surface area contributed by atoms with Crippen molar-refractivity contribution in [3.8, 4) is 0 Å². The zero-order valence-electron chi connectivity index (χ0n) is 17.4. The molecule has 1 fully saturated rings. The lowest BCUT2D eigenvalue weighted by molar-refractivity contribution is 0.0205. The molecule has 1 aliphatic heterocycles. The smallest absolute Gasteiger partial charge is 0.225 e. The lowest BCUT2D eigenvalue weighted by Gasteiger charge is -2.34. The zero-order chi connectivity index (χ0) is 19.7. The van der Waals surface area contributed by atoms with Crippen molar-refractivity contribution in [1.29, 1.82) is 0 Å². The van der Waals surface area contributed by atoms with Gasteiger partial charge in [0.1, 0.15) is 0 Å². The lowest BCUT2D eigenvalue weighted by atomic mass is 9.89. The Kier molecular flexibility index (Phi) is 8.24. The van der Waals surface area contributed by atoms with Crippen LogP contribution in [0.4, 0.5) is 5.95 Å². The maximum absolute atomic E-state index is 5.59. The van der Waals surface area contributed by atoms with E-state index in [0.29, 0.717) is 0 Å². The van der Waals surface area contributed by atoms with Gasteiger partial charge in [0.2, 0.25) is 5.95 Å². The number of aliphatic imine (C=N–C) groups is 1. The average molecular weight is 378 g/mol. The SMILES string of the molecule is CN=C(NCCN1CCN(c2ncccn2)CC1)NCC(OC)C(C)(C)C. The van der Waals surface area contributed by atoms with E-state index in [9.17, 15) is 0 Å². The molecular weight excluding hydrogens is 342 g/mol. The van der Waals surface area contributed by atoms with Crippen LogP contribution in [-0.2, 0) is 4.74 Å². The number of methoxy groups -OCH3 is 1. The number of ether oxygens (including phenoxy) is 1. The van der Waals surface area contributed by atoms with Gasteiger partial charge in [-0.05, 0) is 11.5 Å². The van der Waals surface area contributed by atoms with E-state index in [-0.39, 0.29) is 11.5 Å². The van der Waals surface area contributed by atoms with E-state index < -0.39 is 0 Å². The third-order valence-electron chi connectivity index (χ3n) is 4.86. The molecule has 0 amide bonds. The van der Waals surface area contributed by atoms with Crippen LogP contribution in [0.3, 0.4) is 0 Å². The van der Waals surface area contributed by atoms with E-state index in [1.54, 1.807) is 26.6 Å². The Morgan fingerprint density at radius 3 is 2.41 bits per heavy atom. The molecule has 0 spiro atoms. The van der Waals surface area contributed by atoms with Crippen LogP contribution in [0.5, 0.6) is 0 Å². The molecule has 0 radical (unpaired) electrons. The van der Waals surface area contributed by atoms with Gasteiger partial charge in [-0.2, -0.15) is 0 Å². The number of aromatic nitrogens is 2. The fourth-order valence-electron chi connectivity index (χ4n) is 3.11. The molecule has 2 N–H and O–H groups in total. The summed E-state index contributed by atoms with van der Waals surface area (Å²) in [7, 11) is 3.56. The number of guanidine groups is 1. The van der Waals surface area contributed by atoms with E-state index in [2.05, 4.69) is 56.2 Å². The Bertz CT molecular complexity index is 565. The molecule has 27 heavy (non-hydrogen) atoms. The summed E-state index contributed by atoms with van der Waals surface area (Å²) >= 11 is 0. The van der Waals surface area contributed by atoms with Gasteiger partial charge in [-0.25, -0.2) is 9.97 Å². The second kappa shape index (κ2) is 10.4. The summed E-state index contributed by atoms with van der Waals surface area (Å²) < 4.78 is 5.59. The van der Waals surface area contributed by atoms with Crippen LogP contribution < -0.4 is 15.5 Å². The van der Waals surface area contributed by atoms with Crippen molar-refractivity contribution >= 4 is 11.9 Å². The topological polar surface area (TPSA) is 77.9 Å². The highest BCUT2D eigenvalue weighted by Crippen LogP contribution is 2.20. The minimum atomic E-state index is 0.0861. The van der Waals surface area contributed by atoms with Crippen LogP contribution in [0.25, 0.3) is 0 Å². The molecule has 1 aromatic rings. The quantitative estimate of drug-likeness (QED) is 0.538. The maximum atomic E-state index is 5.59. The number of piperazine rings is 1. The minimum absolute atomic E-state index is 0.0861. The number of anilines is 1. The molecule has 0 aliphatic carbocycles. The molecular formula is C19H35N7O. The first-order chi connectivity index (χ1) is 12.9. The Labute approximate surface area is 163 Å². The molecule has 1 aromatic heterocycles. The van der Waals surface area contributed by atoms with E-state index in [1.165, 1.54) is 0 Å². The molecule has 8 heteroatoms. The Hall–Kier alpha value is -1.93. The average Bonchev–Trinajstić information content (AvgIpc) is 2.67. The van der Waals surface area contributed by atoms with E-state index >= 15 is 0 Å². The second-order valence-corrected chi connectivity index (χ2v) is 7.85. The van der Waals surface area contributed by atoms with Gasteiger partial charge in [-0.3, -0.25) is 9.89 Å². The van der Waals surface area contributed by atoms with Crippen molar-refractivity contribution in [2.45, 2.75) is 26.9 Å². The summed E-state index contributed by atoms with van der Waals surface area (Å²) in [5.74, 6) is 1.64. The fraction of sp³-hybridized carbons (Fsp3) is 0.737. The Morgan fingerprint density at radius 2 is 1.85 bits per heavy atom. The first kappa shape index (κ1) is 21.4. The molecule has 1 aliphatic rings. The summed E-state index contributed by atoms with van der Waals surface area (Å²) in [6, 6.07) is 1.85. The molecule has 152 valence electrons. The molecule has 0 bridgehead atoms. The monoisotopic (exact) mass is 377 g/mol. The van der Waals surface area contributed by atoms with Crippen LogP contribution in [0.2, 0.25) is 0 Å². The summed E-state index contributed by atoms with van der Waals surface area (Å²) in [5.41, 5.74) is 0.0861. The predicted molar refractivity (Wildman–Crippen MR) is 110 cm³/mol. The summed E-state index contributed by atoms with van der Waals surface area (Å²) in [5, 5.41) is 6.76. The number of nitrogens with one attached hydrogen (secondary N) is 2. The van der Waals surface area contributed by atoms with Crippen LogP contribution in [-0.4, -0.2) is 86.9 Å². The van der Waals surface area contributed by atoms with Gasteiger partial charge in [0.25, 0.3) is 0 Å². The predicted octanol–water partition coefficient (Wildman–Crippen LogP) is 0.825. The van der Waals surface area contributed by atoms with Gasteiger partial charge in [0.05, 0.1) is 6.10 Å². The molecule has 8 nitrogen and oxygen atoms in total. The highest BCUT2D eigenvalue weighted by atomic mass is 16.5. The fourth-order valence-corrected chi connectivity index (χ4v) is 3.11. The third-order valence-corrected chi connectivity index (χ3v) is 4.86. The molecule has 0 saturated carbocycles. The summed E-state index contributed by atoms with van der Waals surface area (Å²) in [4.78, 5) is 17.7. The van der Waals surface area contributed by atoms with Crippen molar-refractivity contribution in [1.82, 2.24) is 25.5 Å². The van der Waals surface area contributed by atoms with Crippen molar-refractivity contribution in [3.63, 3.8) is 0 Å². The Morgan fingerprint density at radius 1 is 1.19 bits per heavy atom. The molecule has 2 rings (SSSR count). The van der Waals surface area contributed by atoms with E-state index in [0.717, 1.165) is 57.7 Å². The molecule has 1 unspecified atom stereocenters. The van der Waals surface area contributed by atoms with Gasteiger partial charge in [0.15, 0.2) is 5.96 Å². The van der Waals surface area contributed by atoms with E-state index in [1.807, 2.05) is 6.07 Å². The number of nitrogens with zero attached hydrogens (tertiary/aromatic N) is 5. The van der Waals surface area contributed by atoms with Crippen LogP contribution >= 0.6 is 0 Å². The minimum Gasteiger partial charge on any atom is -0.379 e. The molecule has 1 atom stereocenters. The van der Waals surface area contributed by atoms with Crippen molar-refractivity contribution in [2.24, 2.45) is 10.4 Å². The van der Waals surface area contributed by atoms with Crippen molar-refractivity contribution in [3.05, 3.63) is 18.5 Å². The third kappa shape index (κ3) is 6.95. The van der Waals surface area contributed by atoms with Gasteiger partial charge in [0, 0.05) is 72.4 Å². The van der Waals surface area contributed by atoms with Gasteiger partial charge < -0.3 is 20.3 Å².